The van der Waals surface area contributed by atoms with E-state index in [1.165, 1.54) is 63.5 Å². The maximum atomic E-state index is 13.0. The van der Waals surface area contributed by atoms with Crippen LogP contribution in [0.3, 0.4) is 0 Å². The van der Waals surface area contributed by atoms with Gasteiger partial charge < -0.3 is 15.1 Å². The van der Waals surface area contributed by atoms with Crippen LogP contribution in [0.4, 0.5) is 5.69 Å². The third-order valence-electron chi connectivity index (χ3n) is 7.36. The zero-order valence-corrected chi connectivity index (χ0v) is 17.5. The van der Waals surface area contributed by atoms with Gasteiger partial charge in [-0.15, -0.1) is 0 Å². The van der Waals surface area contributed by atoms with Gasteiger partial charge in [0.1, 0.15) is 5.54 Å². The molecule has 1 unspecified atom stereocenters. The largest absolute Gasteiger partial charge is 0.337 e. The van der Waals surface area contributed by atoms with Gasteiger partial charge in [-0.1, -0.05) is 63.1 Å². The number of hydrogen-bond acceptors (Lipinski definition) is 3. The van der Waals surface area contributed by atoms with E-state index in [9.17, 15) is 4.79 Å². The van der Waals surface area contributed by atoms with Gasteiger partial charge in [0.2, 0.25) is 5.91 Å². The number of para-hydroxylation sites is 1. The van der Waals surface area contributed by atoms with E-state index < -0.39 is 0 Å². The number of hydrogen-bond donors (Lipinski definition) is 1. The Morgan fingerprint density at radius 3 is 2.07 bits per heavy atom. The van der Waals surface area contributed by atoms with E-state index in [4.69, 9.17) is 0 Å². The topological polar surface area (TPSA) is 35.6 Å². The fourth-order valence-corrected chi connectivity index (χ4v) is 5.81. The Kier molecular flexibility index (Phi) is 6.25. The average Bonchev–Trinajstić information content (AvgIpc) is 2.96. The Labute approximate surface area is 170 Å². The summed E-state index contributed by atoms with van der Waals surface area (Å²) in [4.78, 5) is 18.1. The molecule has 3 aliphatic rings. The van der Waals surface area contributed by atoms with Gasteiger partial charge in [-0.05, 0) is 44.7 Å². The molecule has 2 aliphatic heterocycles. The molecule has 0 aromatic heterocycles. The summed E-state index contributed by atoms with van der Waals surface area (Å²) < 4.78 is 0. The number of carbonyl (C=O) groups excluding carboxylic acids is 1. The van der Waals surface area contributed by atoms with Crippen molar-refractivity contribution in [3.05, 3.63) is 30.3 Å². The van der Waals surface area contributed by atoms with Crippen LogP contribution in [-0.2, 0) is 4.79 Å². The predicted molar refractivity (Wildman–Crippen MR) is 115 cm³/mol. The Balaban J connectivity index is 1.45. The minimum atomic E-state index is -0.368. The van der Waals surface area contributed by atoms with Crippen LogP contribution < -0.4 is 10.2 Å². The lowest BCUT2D eigenvalue weighted by atomic mass is 9.84. The molecule has 0 bridgehead atoms. The highest BCUT2D eigenvalue weighted by Gasteiger charge is 2.53. The number of nitrogens with zero attached hydrogens (tertiary/aromatic N) is 2. The van der Waals surface area contributed by atoms with E-state index in [0.29, 0.717) is 0 Å². The predicted octanol–water partition coefficient (Wildman–Crippen LogP) is 4.70. The molecule has 1 atom stereocenters. The molecule has 1 amide bonds. The first-order chi connectivity index (χ1) is 13.7. The van der Waals surface area contributed by atoms with Gasteiger partial charge in [-0.3, -0.25) is 4.79 Å². The van der Waals surface area contributed by atoms with Gasteiger partial charge >= 0.3 is 0 Å². The standard InChI is InChI=1S/C24H37N3O/c1-20-25-23(28)24(27(20)22-14-10-7-11-15-22)16-18-26(19-17-24)21-12-8-5-3-2-4-6-9-13-21/h7,10-11,14-15,20-21H,2-6,8-9,12-13,16-19H2,1H3,(H,25,28). The molecule has 154 valence electrons. The van der Waals surface area contributed by atoms with Crippen LogP contribution in [0.25, 0.3) is 0 Å². The van der Waals surface area contributed by atoms with Crippen molar-refractivity contribution in [3.63, 3.8) is 0 Å². The molecule has 4 rings (SSSR count). The van der Waals surface area contributed by atoms with Crippen LogP contribution in [0.1, 0.15) is 77.6 Å². The number of anilines is 1. The first kappa shape index (κ1) is 19.8. The van der Waals surface area contributed by atoms with Gasteiger partial charge in [0.25, 0.3) is 0 Å². The summed E-state index contributed by atoms with van der Waals surface area (Å²) in [6, 6.07) is 11.2. The second-order valence-corrected chi connectivity index (χ2v) is 9.13. The lowest BCUT2D eigenvalue weighted by Gasteiger charge is -2.46. The Bertz CT molecular complexity index is 629. The van der Waals surface area contributed by atoms with E-state index in [1.54, 1.807) is 0 Å². The molecular formula is C24H37N3O. The minimum absolute atomic E-state index is 0.0649. The van der Waals surface area contributed by atoms with Gasteiger partial charge in [0.15, 0.2) is 0 Å². The maximum absolute atomic E-state index is 13.0. The molecule has 1 saturated carbocycles. The molecule has 1 aromatic carbocycles. The molecule has 4 heteroatoms. The van der Waals surface area contributed by atoms with Crippen molar-refractivity contribution in [2.75, 3.05) is 18.0 Å². The minimum Gasteiger partial charge on any atom is -0.337 e. The number of benzene rings is 1. The number of carbonyl (C=O) groups is 1. The summed E-state index contributed by atoms with van der Waals surface area (Å²) >= 11 is 0. The maximum Gasteiger partial charge on any atom is 0.247 e. The van der Waals surface area contributed by atoms with Crippen molar-refractivity contribution in [2.45, 2.75) is 95.3 Å². The molecule has 1 aromatic rings. The number of amides is 1. The highest BCUT2D eigenvalue weighted by molar-refractivity contribution is 5.94. The smallest absolute Gasteiger partial charge is 0.247 e. The van der Waals surface area contributed by atoms with Crippen LogP contribution in [0.2, 0.25) is 0 Å². The molecule has 28 heavy (non-hydrogen) atoms. The van der Waals surface area contributed by atoms with Gasteiger partial charge in [-0.2, -0.15) is 0 Å². The van der Waals surface area contributed by atoms with Crippen LogP contribution in [0.5, 0.6) is 0 Å². The lowest BCUT2D eigenvalue weighted by molar-refractivity contribution is -0.125. The van der Waals surface area contributed by atoms with Crippen molar-refractivity contribution in [1.29, 1.82) is 0 Å². The van der Waals surface area contributed by atoms with E-state index in [1.807, 2.05) is 6.07 Å². The third-order valence-corrected chi connectivity index (χ3v) is 7.36. The molecular weight excluding hydrogens is 346 g/mol. The van der Waals surface area contributed by atoms with Crippen LogP contribution in [0, 0.1) is 0 Å². The van der Waals surface area contributed by atoms with Crippen molar-refractivity contribution >= 4 is 11.6 Å². The fraction of sp³-hybridized carbons (Fsp3) is 0.708. The fourth-order valence-electron chi connectivity index (χ4n) is 5.81. The summed E-state index contributed by atoms with van der Waals surface area (Å²) in [6.45, 7) is 4.22. The third kappa shape index (κ3) is 3.94. The van der Waals surface area contributed by atoms with E-state index >= 15 is 0 Å². The first-order valence-corrected chi connectivity index (χ1v) is 11.6. The molecule has 1 N–H and O–H groups in total. The lowest BCUT2D eigenvalue weighted by Crippen LogP contribution is -2.58. The van der Waals surface area contributed by atoms with Crippen molar-refractivity contribution in [3.8, 4) is 0 Å². The number of likely N-dealkylation sites (tertiary alicyclic amines) is 1. The second-order valence-electron chi connectivity index (χ2n) is 9.13. The first-order valence-electron chi connectivity index (χ1n) is 11.6. The molecule has 2 saturated heterocycles. The SMILES string of the molecule is CC1NC(=O)C2(CCN(C3CCCCCCCCC3)CC2)N1c1ccccc1. The van der Waals surface area contributed by atoms with Crippen molar-refractivity contribution in [1.82, 2.24) is 10.2 Å². The van der Waals surface area contributed by atoms with Gasteiger partial charge in [-0.25, -0.2) is 0 Å². The van der Waals surface area contributed by atoms with E-state index in [2.05, 4.69) is 46.3 Å². The second kappa shape index (κ2) is 8.86. The Morgan fingerprint density at radius 1 is 0.893 bits per heavy atom. The molecule has 2 heterocycles. The highest BCUT2D eigenvalue weighted by atomic mass is 16.2. The molecule has 1 spiro atoms. The average molecular weight is 384 g/mol. The number of piperidine rings is 1. The van der Waals surface area contributed by atoms with E-state index in [-0.39, 0.29) is 17.6 Å². The Hall–Kier alpha value is -1.55. The van der Waals surface area contributed by atoms with Crippen LogP contribution in [0.15, 0.2) is 30.3 Å². The summed E-state index contributed by atoms with van der Waals surface area (Å²) in [6.07, 6.45) is 14.4. The molecule has 0 radical (unpaired) electrons. The van der Waals surface area contributed by atoms with E-state index in [0.717, 1.165) is 32.0 Å². The number of rotatable bonds is 2. The monoisotopic (exact) mass is 383 g/mol. The molecule has 4 nitrogen and oxygen atoms in total. The van der Waals surface area contributed by atoms with Crippen LogP contribution >= 0.6 is 0 Å². The number of nitrogens with one attached hydrogen (secondary N) is 1. The molecule has 3 fully saturated rings. The summed E-state index contributed by atoms with van der Waals surface area (Å²) in [7, 11) is 0. The quantitative estimate of drug-likeness (QED) is 0.804. The summed E-state index contributed by atoms with van der Waals surface area (Å²) in [5.74, 6) is 0.231. The molecule has 1 aliphatic carbocycles. The Morgan fingerprint density at radius 2 is 1.46 bits per heavy atom. The zero-order chi connectivity index (χ0) is 19.4. The van der Waals surface area contributed by atoms with Crippen molar-refractivity contribution in [2.24, 2.45) is 0 Å². The highest BCUT2D eigenvalue weighted by Crippen LogP contribution is 2.39. The zero-order valence-electron chi connectivity index (χ0n) is 17.5. The van der Waals surface area contributed by atoms with Crippen LogP contribution in [-0.4, -0.2) is 41.6 Å². The summed E-state index contributed by atoms with van der Waals surface area (Å²) in [5, 5.41) is 3.22. The normalized spacial score (nSPS) is 27.7. The van der Waals surface area contributed by atoms with Gasteiger partial charge in [0.05, 0.1) is 6.17 Å². The van der Waals surface area contributed by atoms with Gasteiger partial charge in [0, 0.05) is 24.8 Å². The van der Waals surface area contributed by atoms with Crippen molar-refractivity contribution < 1.29 is 4.79 Å². The summed E-state index contributed by atoms with van der Waals surface area (Å²) in [5.41, 5.74) is 0.799.